The molecule has 0 N–H and O–H groups in total. The molecular weight excluding hydrogens is 80.0 g/mol. The van der Waals surface area contributed by atoms with E-state index in [9.17, 15) is 5.26 Å². The maximum Gasteiger partial charge on any atom is 0.111 e. The molecule has 1 unspecified atom stereocenters. The molecule has 2 nitrogen and oxygen atoms in total. The Bertz CT molecular complexity index is 42.8. The predicted molar refractivity (Wildman–Crippen MR) is 21.4 cm³/mol. The molecule has 0 heterocycles. The minimum absolute atomic E-state index is 0.356. The Morgan fingerprint density at radius 3 is 2.50 bits per heavy atom. The van der Waals surface area contributed by atoms with Gasteiger partial charge in [0.15, 0.2) is 0 Å². The van der Waals surface area contributed by atoms with Crippen LogP contribution in [0.2, 0.25) is 0 Å². The molecule has 0 aliphatic heterocycles. The fraction of sp³-hybridized carbons (Fsp3) is 0.500. The van der Waals surface area contributed by atoms with E-state index in [1.165, 1.54) is 6.08 Å². The lowest BCUT2D eigenvalue weighted by atomic mass is 10.4. The van der Waals surface area contributed by atoms with E-state index >= 15 is 0 Å². The van der Waals surface area contributed by atoms with Gasteiger partial charge in [0.2, 0.25) is 0 Å². The highest BCUT2D eigenvalue weighted by molar-refractivity contribution is 4.73. The molecule has 0 spiro atoms. The lowest BCUT2D eigenvalue weighted by Crippen LogP contribution is -1.96. The minimum Gasteiger partial charge on any atom is -0.197 e. The van der Waals surface area contributed by atoms with E-state index in [0.29, 0.717) is 0 Å². The normalized spacial score (nSPS) is 13.7. The molecule has 0 saturated carbocycles. The van der Waals surface area contributed by atoms with Crippen molar-refractivity contribution in [2.75, 3.05) is 0 Å². The first kappa shape index (κ1) is 5.66. The molecule has 0 aliphatic rings. The molecule has 6 heavy (non-hydrogen) atoms. The minimum atomic E-state index is -0.356. The molecule has 0 aromatic carbocycles. The fourth-order valence-electron chi connectivity index (χ4n) is 0.0393. The quantitative estimate of drug-likeness (QED) is 0.280. The highest BCUT2D eigenvalue weighted by Crippen LogP contribution is 1.83. The van der Waals surface area contributed by atoms with Gasteiger partial charge in [-0.1, -0.05) is 6.08 Å². The van der Waals surface area contributed by atoms with Crippen molar-refractivity contribution in [3.8, 4) is 0 Å². The standard InChI is InChI=1S/C4H7O2/c1-3-4(2)6-5/h3-4H,1H2,2H3. The summed E-state index contributed by atoms with van der Waals surface area (Å²) in [4.78, 5) is 3.53. The van der Waals surface area contributed by atoms with Crippen molar-refractivity contribution in [3.05, 3.63) is 12.7 Å². The van der Waals surface area contributed by atoms with Crippen LogP contribution in [0, 0.1) is 0 Å². The van der Waals surface area contributed by atoms with Crippen LogP contribution in [0.4, 0.5) is 0 Å². The molecule has 0 fully saturated rings. The van der Waals surface area contributed by atoms with E-state index in [-0.39, 0.29) is 6.10 Å². The van der Waals surface area contributed by atoms with Crippen molar-refractivity contribution >= 4 is 0 Å². The Balaban J connectivity index is 2.96. The topological polar surface area (TPSA) is 29.1 Å². The van der Waals surface area contributed by atoms with E-state index in [0.717, 1.165) is 0 Å². The summed E-state index contributed by atoms with van der Waals surface area (Å²) < 4.78 is 0. The largest absolute Gasteiger partial charge is 0.197 e. The van der Waals surface area contributed by atoms with Crippen LogP contribution in [-0.2, 0) is 10.1 Å². The van der Waals surface area contributed by atoms with Gasteiger partial charge < -0.3 is 0 Å². The van der Waals surface area contributed by atoms with Crippen LogP contribution < -0.4 is 0 Å². The van der Waals surface area contributed by atoms with Gasteiger partial charge in [-0.2, -0.15) is 4.89 Å². The molecular formula is C4H7O2. The highest BCUT2D eigenvalue weighted by Gasteiger charge is 1.88. The SMILES string of the molecule is C=CC(C)O[O]. The zero-order valence-corrected chi connectivity index (χ0v) is 3.68. The zero-order chi connectivity index (χ0) is 4.99. The Morgan fingerprint density at radius 2 is 2.50 bits per heavy atom. The fourth-order valence-corrected chi connectivity index (χ4v) is 0.0393. The molecule has 0 aromatic heterocycles. The predicted octanol–water partition coefficient (Wildman–Crippen LogP) is 0.923. The molecule has 35 valence electrons. The van der Waals surface area contributed by atoms with Crippen LogP contribution >= 0.6 is 0 Å². The highest BCUT2D eigenvalue weighted by atomic mass is 17.1. The van der Waals surface area contributed by atoms with Crippen LogP contribution in [0.1, 0.15) is 6.92 Å². The average molecular weight is 87.1 g/mol. The Morgan fingerprint density at radius 1 is 2.00 bits per heavy atom. The number of hydrogen-bond donors (Lipinski definition) is 0. The summed E-state index contributed by atoms with van der Waals surface area (Å²) in [6.07, 6.45) is 1.08. The van der Waals surface area contributed by atoms with Crippen molar-refractivity contribution in [2.24, 2.45) is 0 Å². The summed E-state index contributed by atoms with van der Waals surface area (Å²) in [7, 11) is 0. The summed E-state index contributed by atoms with van der Waals surface area (Å²) in [6.45, 7) is 4.93. The third kappa shape index (κ3) is 1.93. The van der Waals surface area contributed by atoms with E-state index in [2.05, 4.69) is 11.5 Å². The van der Waals surface area contributed by atoms with Crippen LogP contribution in [0.25, 0.3) is 0 Å². The first-order valence-electron chi connectivity index (χ1n) is 1.72. The van der Waals surface area contributed by atoms with Gasteiger partial charge in [-0.3, -0.25) is 0 Å². The molecule has 0 saturated heterocycles. The lowest BCUT2D eigenvalue weighted by Gasteiger charge is -1.91. The second-order valence-corrected chi connectivity index (χ2v) is 1.04. The zero-order valence-electron chi connectivity index (χ0n) is 3.68. The number of rotatable bonds is 2. The van der Waals surface area contributed by atoms with Crippen molar-refractivity contribution < 1.29 is 10.1 Å². The van der Waals surface area contributed by atoms with E-state index < -0.39 is 0 Å². The Hall–Kier alpha value is -0.340. The van der Waals surface area contributed by atoms with Gasteiger partial charge in [0.25, 0.3) is 0 Å². The van der Waals surface area contributed by atoms with Crippen LogP contribution in [0.3, 0.4) is 0 Å². The van der Waals surface area contributed by atoms with E-state index in [1.54, 1.807) is 6.92 Å². The summed E-state index contributed by atoms with van der Waals surface area (Å²) in [5, 5.41) is 9.29. The molecule has 0 rings (SSSR count). The molecule has 0 aliphatic carbocycles. The molecule has 0 aromatic rings. The van der Waals surface area contributed by atoms with Gasteiger partial charge in [0.05, 0.1) is 0 Å². The van der Waals surface area contributed by atoms with Crippen molar-refractivity contribution in [1.29, 1.82) is 0 Å². The van der Waals surface area contributed by atoms with Gasteiger partial charge >= 0.3 is 0 Å². The van der Waals surface area contributed by atoms with Crippen molar-refractivity contribution in [1.82, 2.24) is 0 Å². The maximum absolute atomic E-state index is 9.29. The van der Waals surface area contributed by atoms with E-state index in [4.69, 9.17) is 0 Å². The summed E-state index contributed by atoms with van der Waals surface area (Å²) in [6, 6.07) is 0. The summed E-state index contributed by atoms with van der Waals surface area (Å²) >= 11 is 0. The van der Waals surface area contributed by atoms with Gasteiger partial charge in [0.1, 0.15) is 6.10 Å². The van der Waals surface area contributed by atoms with Gasteiger partial charge in [-0.15, -0.1) is 6.58 Å². The number of hydrogen-bond acceptors (Lipinski definition) is 1. The Labute approximate surface area is 37.0 Å². The molecule has 2 heteroatoms. The molecule has 1 radical (unpaired) electrons. The van der Waals surface area contributed by atoms with Gasteiger partial charge in [0, 0.05) is 0 Å². The molecule has 0 amide bonds. The van der Waals surface area contributed by atoms with E-state index in [1.807, 2.05) is 0 Å². The lowest BCUT2D eigenvalue weighted by molar-refractivity contribution is -0.320. The first-order valence-corrected chi connectivity index (χ1v) is 1.72. The van der Waals surface area contributed by atoms with Crippen LogP contribution in [0.5, 0.6) is 0 Å². The summed E-state index contributed by atoms with van der Waals surface area (Å²) in [5.41, 5.74) is 0. The van der Waals surface area contributed by atoms with Crippen LogP contribution in [0.15, 0.2) is 12.7 Å². The maximum atomic E-state index is 9.29. The Kier molecular flexibility index (Phi) is 2.71. The third-order valence-corrected chi connectivity index (χ3v) is 0.484. The monoisotopic (exact) mass is 87.0 g/mol. The summed E-state index contributed by atoms with van der Waals surface area (Å²) in [5.74, 6) is 0. The second-order valence-electron chi connectivity index (χ2n) is 1.04. The third-order valence-electron chi connectivity index (χ3n) is 0.484. The second kappa shape index (κ2) is 2.87. The van der Waals surface area contributed by atoms with Gasteiger partial charge in [-0.25, -0.2) is 0 Å². The average Bonchev–Trinajstić information content (AvgIpc) is 1.65. The molecule has 1 atom stereocenters. The smallest absolute Gasteiger partial charge is 0.111 e. The van der Waals surface area contributed by atoms with Crippen LogP contribution in [-0.4, -0.2) is 6.10 Å². The van der Waals surface area contributed by atoms with Crippen molar-refractivity contribution in [2.45, 2.75) is 13.0 Å². The molecule has 0 bridgehead atoms. The van der Waals surface area contributed by atoms with Crippen molar-refractivity contribution in [3.63, 3.8) is 0 Å². The van der Waals surface area contributed by atoms with Gasteiger partial charge in [-0.05, 0) is 12.2 Å². The first-order chi connectivity index (χ1) is 2.81.